The summed E-state index contributed by atoms with van der Waals surface area (Å²) in [7, 11) is 0. The summed E-state index contributed by atoms with van der Waals surface area (Å²) in [5.41, 5.74) is 12.6. The van der Waals surface area contributed by atoms with E-state index in [0.29, 0.717) is 17.5 Å². The van der Waals surface area contributed by atoms with Gasteiger partial charge in [-0.2, -0.15) is 0 Å². The van der Waals surface area contributed by atoms with Gasteiger partial charge in [-0.05, 0) is 64.7 Å². The Bertz CT molecular complexity index is 3660. The van der Waals surface area contributed by atoms with Crippen LogP contribution in [0.15, 0.2) is 212 Å². The second-order valence-electron chi connectivity index (χ2n) is 15.7. The Morgan fingerprint density at radius 3 is 1.37 bits per heavy atom. The molecule has 4 heterocycles. The predicted molar refractivity (Wildman–Crippen MR) is 261 cm³/mol. The number of rotatable bonds is 7. The molecule has 0 saturated carbocycles. The van der Waals surface area contributed by atoms with Crippen molar-refractivity contribution in [2.45, 2.75) is 0 Å². The van der Waals surface area contributed by atoms with Crippen molar-refractivity contribution in [1.29, 1.82) is 0 Å². The van der Waals surface area contributed by atoms with Crippen LogP contribution in [0.4, 0.5) is 0 Å². The predicted octanol–water partition coefficient (Wildman–Crippen LogP) is 15.0. The molecule has 12 aromatic rings. The molecular formula is C57H35N5S. The van der Waals surface area contributed by atoms with Gasteiger partial charge in [0, 0.05) is 58.8 Å². The number of benzene rings is 8. The van der Waals surface area contributed by atoms with Crippen molar-refractivity contribution in [3.63, 3.8) is 0 Å². The number of fused-ring (bicyclic) bond motifs is 6. The monoisotopic (exact) mass is 821 g/mol. The lowest BCUT2D eigenvalue weighted by atomic mass is 9.96. The first-order chi connectivity index (χ1) is 31.2. The Morgan fingerprint density at radius 2 is 0.698 bits per heavy atom. The quantitative estimate of drug-likeness (QED) is 0.150. The molecule has 0 atom stereocenters. The van der Waals surface area contributed by atoms with E-state index in [1.807, 2.05) is 65.9 Å². The molecular weight excluding hydrogens is 787 g/mol. The Hall–Kier alpha value is -8.19. The number of thiophene rings is 1. The van der Waals surface area contributed by atoms with Crippen LogP contribution in [0.3, 0.4) is 0 Å². The molecule has 12 rings (SSSR count). The Morgan fingerprint density at radius 1 is 0.254 bits per heavy atom. The molecule has 0 N–H and O–H groups in total. The molecule has 0 amide bonds. The Kier molecular flexibility index (Phi) is 8.94. The summed E-state index contributed by atoms with van der Waals surface area (Å²) in [6.07, 6.45) is 0. The SMILES string of the molecule is c1ccc(-c2ccc(-c3nc(-c4ccccc4)nc(-c4cc(-c5ccc6c(c5)sc5ccccc56)cc(-c5ccc6ccc7ccc(-c8ccccc8)nc7c6n5)c4)n3)cc2)cc1. The second kappa shape index (κ2) is 15.4. The van der Waals surface area contributed by atoms with Gasteiger partial charge < -0.3 is 0 Å². The van der Waals surface area contributed by atoms with E-state index in [2.05, 4.69) is 158 Å². The third-order valence-corrected chi connectivity index (χ3v) is 12.8. The summed E-state index contributed by atoms with van der Waals surface area (Å²) in [6.45, 7) is 0. The lowest BCUT2D eigenvalue weighted by molar-refractivity contribution is 1.07. The van der Waals surface area contributed by atoms with Crippen LogP contribution in [0, 0.1) is 0 Å². The fourth-order valence-corrected chi connectivity index (χ4v) is 9.61. The first-order valence-corrected chi connectivity index (χ1v) is 21.8. The standard InChI is InChI=1S/C57H35N5S/c1-4-12-36(13-5-1)37-20-24-42(25-21-37)56-60-55(41-16-8-3-9-17-41)61-57(62-56)46-33-44(43-26-29-48-47-18-10-11-19-51(47)63-52(48)35-43)32-45(34-46)50-31-28-40-23-22-39-27-30-49(38-14-6-2-7-15-38)58-53(39)54(40)59-50/h1-35H. The zero-order valence-corrected chi connectivity index (χ0v) is 34.7. The van der Waals surface area contributed by atoms with Gasteiger partial charge in [0.2, 0.25) is 0 Å². The highest BCUT2D eigenvalue weighted by Crippen LogP contribution is 2.39. The molecule has 0 aliphatic rings. The Labute approximate surface area is 367 Å². The van der Waals surface area contributed by atoms with Gasteiger partial charge in [0.15, 0.2) is 17.5 Å². The van der Waals surface area contributed by atoms with E-state index in [1.165, 1.54) is 20.2 Å². The highest BCUT2D eigenvalue weighted by Gasteiger charge is 2.17. The van der Waals surface area contributed by atoms with Gasteiger partial charge in [0.1, 0.15) is 0 Å². The van der Waals surface area contributed by atoms with Crippen molar-refractivity contribution in [3.05, 3.63) is 212 Å². The van der Waals surface area contributed by atoms with Crippen LogP contribution in [0.25, 0.3) is 121 Å². The molecule has 8 aromatic carbocycles. The summed E-state index contributed by atoms with van der Waals surface area (Å²) >= 11 is 1.82. The van der Waals surface area contributed by atoms with Gasteiger partial charge in [0.25, 0.3) is 0 Å². The van der Waals surface area contributed by atoms with Crippen LogP contribution in [0.1, 0.15) is 0 Å². The number of aromatic nitrogens is 5. The molecule has 6 heteroatoms. The third kappa shape index (κ3) is 6.89. The molecule has 0 radical (unpaired) electrons. The van der Waals surface area contributed by atoms with Gasteiger partial charge in [-0.25, -0.2) is 24.9 Å². The first-order valence-electron chi connectivity index (χ1n) is 21.0. The average Bonchev–Trinajstić information content (AvgIpc) is 3.74. The topological polar surface area (TPSA) is 64.5 Å². The van der Waals surface area contributed by atoms with Gasteiger partial charge in [0.05, 0.1) is 22.4 Å². The summed E-state index contributed by atoms with van der Waals surface area (Å²) in [6, 6.07) is 74.0. The molecule has 0 fully saturated rings. The molecule has 0 aliphatic carbocycles. The van der Waals surface area contributed by atoms with E-state index < -0.39 is 0 Å². The van der Waals surface area contributed by atoms with Crippen molar-refractivity contribution in [3.8, 4) is 78.9 Å². The van der Waals surface area contributed by atoms with Crippen molar-refractivity contribution < 1.29 is 0 Å². The molecule has 0 saturated heterocycles. The van der Waals surface area contributed by atoms with Crippen LogP contribution in [0.2, 0.25) is 0 Å². The van der Waals surface area contributed by atoms with Crippen molar-refractivity contribution in [2.75, 3.05) is 0 Å². The van der Waals surface area contributed by atoms with Crippen molar-refractivity contribution in [1.82, 2.24) is 24.9 Å². The Balaban J connectivity index is 1.05. The van der Waals surface area contributed by atoms with Crippen LogP contribution in [-0.4, -0.2) is 24.9 Å². The summed E-state index contributed by atoms with van der Waals surface area (Å²) < 4.78 is 2.52. The number of hydrogen-bond acceptors (Lipinski definition) is 6. The molecule has 5 nitrogen and oxygen atoms in total. The van der Waals surface area contributed by atoms with E-state index in [-0.39, 0.29) is 0 Å². The highest BCUT2D eigenvalue weighted by molar-refractivity contribution is 7.25. The first kappa shape index (κ1) is 36.6. The normalized spacial score (nSPS) is 11.5. The lowest BCUT2D eigenvalue weighted by Crippen LogP contribution is -2.01. The van der Waals surface area contributed by atoms with Crippen LogP contribution in [0.5, 0.6) is 0 Å². The minimum absolute atomic E-state index is 0.581. The second-order valence-corrected chi connectivity index (χ2v) is 16.8. The van der Waals surface area contributed by atoms with E-state index in [1.54, 1.807) is 0 Å². The third-order valence-electron chi connectivity index (χ3n) is 11.7. The summed E-state index contributed by atoms with van der Waals surface area (Å²) in [5.74, 6) is 1.79. The van der Waals surface area contributed by atoms with E-state index in [4.69, 9.17) is 24.9 Å². The van der Waals surface area contributed by atoms with Crippen LogP contribution in [-0.2, 0) is 0 Å². The fourth-order valence-electron chi connectivity index (χ4n) is 8.47. The number of nitrogens with zero attached hydrogens (tertiary/aromatic N) is 5. The van der Waals surface area contributed by atoms with E-state index in [9.17, 15) is 0 Å². The maximum atomic E-state index is 5.41. The molecule has 4 aromatic heterocycles. The molecule has 0 bridgehead atoms. The number of hydrogen-bond donors (Lipinski definition) is 0. The molecule has 0 aliphatic heterocycles. The van der Waals surface area contributed by atoms with Gasteiger partial charge in [-0.1, -0.05) is 170 Å². The maximum Gasteiger partial charge on any atom is 0.164 e. The lowest BCUT2D eigenvalue weighted by Gasteiger charge is -2.13. The molecule has 294 valence electrons. The zero-order chi connectivity index (χ0) is 41.7. The van der Waals surface area contributed by atoms with Gasteiger partial charge >= 0.3 is 0 Å². The zero-order valence-electron chi connectivity index (χ0n) is 33.9. The largest absolute Gasteiger partial charge is 0.245 e. The molecule has 63 heavy (non-hydrogen) atoms. The smallest absolute Gasteiger partial charge is 0.164 e. The minimum Gasteiger partial charge on any atom is -0.245 e. The molecule has 0 unspecified atom stereocenters. The van der Waals surface area contributed by atoms with Crippen LogP contribution < -0.4 is 0 Å². The summed E-state index contributed by atoms with van der Waals surface area (Å²) in [5, 5.41) is 4.61. The fraction of sp³-hybridized carbons (Fsp3) is 0. The van der Waals surface area contributed by atoms with E-state index >= 15 is 0 Å². The molecule has 0 spiro atoms. The summed E-state index contributed by atoms with van der Waals surface area (Å²) in [4.78, 5) is 26.1. The van der Waals surface area contributed by atoms with Gasteiger partial charge in [-0.15, -0.1) is 11.3 Å². The van der Waals surface area contributed by atoms with Crippen molar-refractivity contribution in [2.24, 2.45) is 0 Å². The average molecular weight is 822 g/mol. The number of pyridine rings is 2. The van der Waals surface area contributed by atoms with Gasteiger partial charge in [-0.3, -0.25) is 0 Å². The van der Waals surface area contributed by atoms with Crippen LogP contribution >= 0.6 is 11.3 Å². The van der Waals surface area contributed by atoms with Crippen molar-refractivity contribution >= 4 is 53.3 Å². The highest BCUT2D eigenvalue weighted by atomic mass is 32.1. The minimum atomic E-state index is 0.581. The van der Waals surface area contributed by atoms with E-state index in [0.717, 1.165) is 83.3 Å². The maximum absolute atomic E-state index is 5.41.